The lowest BCUT2D eigenvalue weighted by Gasteiger charge is -2.21. The molecule has 0 unspecified atom stereocenters. The number of rotatable bonds is 6. The van der Waals surface area contributed by atoms with Crippen LogP contribution in [0, 0.1) is 5.92 Å². The van der Waals surface area contributed by atoms with Crippen molar-refractivity contribution in [3.05, 3.63) is 28.2 Å². The topological polar surface area (TPSA) is 64.6 Å². The van der Waals surface area contributed by atoms with Gasteiger partial charge in [0.05, 0.1) is 12.7 Å². The lowest BCUT2D eigenvalue weighted by atomic mass is 9.89. The third-order valence-corrected chi connectivity index (χ3v) is 4.73. The molecule has 23 heavy (non-hydrogen) atoms. The predicted octanol–water partition coefficient (Wildman–Crippen LogP) is 3.31. The maximum atomic E-state index is 12.1. The van der Waals surface area contributed by atoms with Crippen LogP contribution in [-0.2, 0) is 9.53 Å². The van der Waals surface area contributed by atoms with E-state index in [1.165, 1.54) is 26.4 Å². The maximum absolute atomic E-state index is 12.1. The number of benzene rings is 1. The van der Waals surface area contributed by atoms with Crippen LogP contribution in [0.3, 0.4) is 0 Å². The van der Waals surface area contributed by atoms with Gasteiger partial charge in [-0.25, -0.2) is 4.79 Å². The van der Waals surface area contributed by atoms with Crippen molar-refractivity contribution in [1.82, 2.24) is 5.32 Å². The van der Waals surface area contributed by atoms with Crippen LogP contribution in [-0.4, -0.2) is 32.1 Å². The number of amides is 1. The summed E-state index contributed by atoms with van der Waals surface area (Å²) in [5.74, 6) is 0.296. The lowest BCUT2D eigenvalue weighted by Crippen LogP contribution is -2.33. The maximum Gasteiger partial charge on any atom is 0.339 e. The SMILES string of the molecule is COc1ccc(Br)c(C(=O)OCC(=O)NCC2CCCCC2)c1. The second-order valence-electron chi connectivity index (χ2n) is 5.73. The Morgan fingerprint density at radius 2 is 2.00 bits per heavy atom. The molecular weight excluding hydrogens is 362 g/mol. The molecule has 0 spiro atoms. The van der Waals surface area contributed by atoms with E-state index in [0.29, 0.717) is 28.2 Å². The first-order valence-electron chi connectivity index (χ1n) is 7.87. The summed E-state index contributed by atoms with van der Waals surface area (Å²) in [4.78, 5) is 23.9. The van der Waals surface area contributed by atoms with Crippen molar-refractivity contribution in [2.24, 2.45) is 5.92 Å². The highest BCUT2D eigenvalue weighted by Crippen LogP contribution is 2.24. The highest BCUT2D eigenvalue weighted by Gasteiger charge is 2.17. The molecule has 0 bridgehead atoms. The summed E-state index contributed by atoms with van der Waals surface area (Å²) >= 11 is 3.29. The van der Waals surface area contributed by atoms with Crippen LogP contribution >= 0.6 is 15.9 Å². The molecule has 0 saturated heterocycles. The Balaban J connectivity index is 1.78. The van der Waals surface area contributed by atoms with Crippen LogP contribution < -0.4 is 10.1 Å². The summed E-state index contributed by atoms with van der Waals surface area (Å²) in [6.07, 6.45) is 6.09. The van der Waals surface area contributed by atoms with E-state index in [9.17, 15) is 9.59 Å². The summed E-state index contributed by atoms with van der Waals surface area (Å²) in [7, 11) is 1.52. The molecule has 1 amide bonds. The van der Waals surface area contributed by atoms with Crippen LogP contribution in [0.5, 0.6) is 5.75 Å². The predicted molar refractivity (Wildman–Crippen MR) is 90.6 cm³/mol. The van der Waals surface area contributed by atoms with Gasteiger partial charge in [0, 0.05) is 11.0 Å². The van der Waals surface area contributed by atoms with Gasteiger partial charge in [-0.1, -0.05) is 19.3 Å². The number of nitrogens with one attached hydrogen (secondary N) is 1. The Morgan fingerprint density at radius 3 is 2.70 bits per heavy atom. The Morgan fingerprint density at radius 1 is 1.26 bits per heavy atom. The molecule has 0 heterocycles. The smallest absolute Gasteiger partial charge is 0.339 e. The van der Waals surface area contributed by atoms with E-state index in [-0.39, 0.29) is 12.5 Å². The molecule has 1 saturated carbocycles. The molecule has 0 aromatic heterocycles. The van der Waals surface area contributed by atoms with Gasteiger partial charge >= 0.3 is 5.97 Å². The molecule has 2 rings (SSSR count). The molecule has 1 aliphatic carbocycles. The Bertz CT molecular complexity index is 556. The normalized spacial score (nSPS) is 15.0. The number of methoxy groups -OCH3 is 1. The van der Waals surface area contributed by atoms with Gasteiger partial charge in [-0.2, -0.15) is 0 Å². The average Bonchev–Trinajstić information content (AvgIpc) is 2.59. The van der Waals surface area contributed by atoms with Gasteiger partial charge in [0.2, 0.25) is 0 Å². The zero-order chi connectivity index (χ0) is 16.7. The van der Waals surface area contributed by atoms with Crippen LogP contribution in [0.2, 0.25) is 0 Å². The molecule has 1 aromatic carbocycles. The fourth-order valence-electron chi connectivity index (χ4n) is 2.70. The van der Waals surface area contributed by atoms with E-state index in [1.54, 1.807) is 18.2 Å². The molecule has 0 aliphatic heterocycles. The van der Waals surface area contributed by atoms with Crippen LogP contribution in [0.4, 0.5) is 0 Å². The number of ether oxygens (including phenoxy) is 2. The van der Waals surface area contributed by atoms with Gasteiger partial charge < -0.3 is 14.8 Å². The monoisotopic (exact) mass is 383 g/mol. The first-order valence-corrected chi connectivity index (χ1v) is 8.67. The van der Waals surface area contributed by atoms with Crippen LogP contribution in [0.15, 0.2) is 22.7 Å². The van der Waals surface area contributed by atoms with Crippen molar-refractivity contribution < 1.29 is 19.1 Å². The molecule has 6 heteroatoms. The van der Waals surface area contributed by atoms with Gasteiger partial charge in [-0.3, -0.25) is 4.79 Å². The molecule has 1 N–H and O–H groups in total. The number of carbonyl (C=O) groups is 2. The molecule has 5 nitrogen and oxygen atoms in total. The average molecular weight is 384 g/mol. The minimum atomic E-state index is -0.552. The Labute approximate surface area is 144 Å². The third-order valence-electron chi connectivity index (χ3n) is 4.04. The first-order chi connectivity index (χ1) is 11.1. The summed E-state index contributed by atoms with van der Waals surface area (Å²) < 4.78 is 10.8. The number of carbonyl (C=O) groups excluding carboxylic acids is 2. The van der Waals surface area contributed by atoms with Crippen molar-refractivity contribution in [2.75, 3.05) is 20.3 Å². The van der Waals surface area contributed by atoms with Crippen molar-refractivity contribution >= 4 is 27.8 Å². The molecule has 1 fully saturated rings. The van der Waals surface area contributed by atoms with Gasteiger partial charge in [-0.05, 0) is 52.9 Å². The molecule has 126 valence electrons. The molecule has 0 atom stereocenters. The van der Waals surface area contributed by atoms with E-state index in [2.05, 4.69) is 21.2 Å². The molecular formula is C17H22BrNO4. The van der Waals surface area contributed by atoms with E-state index < -0.39 is 5.97 Å². The van der Waals surface area contributed by atoms with Crippen molar-refractivity contribution in [3.8, 4) is 5.75 Å². The van der Waals surface area contributed by atoms with Crippen molar-refractivity contribution in [2.45, 2.75) is 32.1 Å². The summed E-state index contributed by atoms with van der Waals surface area (Å²) in [6.45, 7) is 0.397. The summed E-state index contributed by atoms with van der Waals surface area (Å²) in [5.41, 5.74) is 0.337. The third kappa shape index (κ3) is 5.53. The largest absolute Gasteiger partial charge is 0.497 e. The number of halogens is 1. The Hall–Kier alpha value is -1.56. The zero-order valence-electron chi connectivity index (χ0n) is 13.3. The fraction of sp³-hybridized carbons (Fsp3) is 0.529. The first kappa shape index (κ1) is 17.8. The highest BCUT2D eigenvalue weighted by molar-refractivity contribution is 9.10. The quantitative estimate of drug-likeness (QED) is 0.765. The van der Waals surface area contributed by atoms with E-state index >= 15 is 0 Å². The number of esters is 1. The fourth-order valence-corrected chi connectivity index (χ4v) is 3.11. The van der Waals surface area contributed by atoms with Crippen molar-refractivity contribution in [3.63, 3.8) is 0 Å². The summed E-state index contributed by atoms with van der Waals surface area (Å²) in [6, 6.07) is 5.02. The van der Waals surface area contributed by atoms with Gasteiger partial charge in [0.25, 0.3) is 5.91 Å². The van der Waals surface area contributed by atoms with Gasteiger partial charge in [0.1, 0.15) is 5.75 Å². The second kappa shape index (κ2) is 8.91. The highest BCUT2D eigenvalue weighted by atomic mass is 79.9. The van der Waals surface area contributed by atoms with Gasteiger partial charge in [-0.15, -0.1) is 0 Å². The summed E-state index contributed by atoms with van der Waals surface area (Å²) in [5, 5.41) is 2.84. The Kier molecular flexibility index (Phi) is 6.89. The van der Waals surface area contributed by atoms with E-state index in [0.717, 1.165) is 12.8 Å². The molecule has 1 aliphatic rings. The minimum absolute atomic E-state index is 0.261. The number of hydrogen-bond acceptors (Lipinski definition) is 4. The molecule has 0 radical (unpaired) electrons. The standard InChI is InChI=1S/C17H22BrNO4/c1-22-13-7-8-15(18)14(9-13)17(21)23-11-16(20)19-10-12-5-3-2-4-6-12/h7-9,12H,2-6,10-11H2,1H3,(H,19,20). The minimum Gasteiger partial charge on any atom is -0.497 e. The molecule has 1 aromatic rings. The van der Waals surface area contributed by atoms with E-state index in [1.807, 2.05) is 0 Å². The lowest BCUT2D eigenvalue weighted by molar-refractivity contribution is -0.124. The van der Waals surface area contributed by atoms with Gasteiger partial charge in [0.15, 0.2) is 6.61 Å². The van der Waals surface area contributed by atoms with Crippen molar-refractivity contribution in [1.29, 1.82) is 0 Å². The van der Waals surface area contributed by atoms with Crippen LogP contribution in [0.1, 0.15) is 42.5 Å². The van der Waals surface area contributed by atoms with Crippen LogP contribution in [0.25, 0.3) is 0 Å². The second-order valence-corrected chi connectivity index (χ2v) is 6.58. The number of hydrogen-bond donors (Lipinski definition) is 1. The van der Waals surface area contributed by atoms with E-state index in [4.69, 9.17) is 9.47 Å². The zero-order valence-corrected chi connectivity index (χ0v) is 14.9.